The van der Waals surface area contributed by atoms with E-state index in [-0.39, 0.29) is 6.79 Å². The summed E-state index contributed by atoms with van der Waals surface area (Å²) in [6.07, 6.45) is 1.28. The molecule has 0 saturated carbocycles. The topological polar surface area (TPSA) is 78.4 Å². The van der Waals surface area contributed by atoms with E-state index >= 15 is 0 Å². The maximum atomic E-state index is 6.30. The number of halogens is 1. The third kappa shape index (κ3) is 3.40. The molecule has 0 radical (unpaired) electrons. The van der Waals surface area contributed by atoms with Crippen LogP contribution in [-0.4, -0.2) is 27.7 Å². The van der Waals surface area contributed by atoms with E-state index < -0.39 is 6.23 Å². The minimum absolute atomic E-state index is 0.205. The molecule has 2 aliphatic rings. The van der Waals surface area contributed by atoms with E-state index in [0.717, 1.165) is 21.3 Å². The van der Waals surface area contributed by atoms with Gasteiger partial charge < -0.3 is 19.5 Å². The SMILES string of the molecule is C=CCSc1nnc2c(n1)O[C@@H](c1cc3c(cc1Br)OCO3)Nc1ccccc1-2. The third-order valence-electron chi connectivity index (χ3n) is 4.44. The van der Waals surface area contributed by atoms with Crippen molar-refractivity contribution >= 4 is 33.4 Å². The molecule has 0 amide bonds. The molecule has 0 fully saturated rings. The summed E-state index contributed by atoms with van der Waals surface area (Å²) in [5.74, 6) is 2.47. The molecule has 0 spiro atoms. The fraction of sp³-hybridized carbons (Fsp3) is 0.150. The van der Waals surface area contributed by atoms with Crippen LogP contribution in [0.25, 0.3) is 11.3 Å². The number of rotatable bonds is 4. The first-order valence-electron chi connectivity index (χ1n) is 8.83. The number of fused-ring (bicyclic) bond motifs is 4. The van der Waals surface area contributed by atoms with Crippen LogP contribution in [0.3, 0.4) is 0 Å². The van der Waals surface area contributed by atoms with Crippen molar-refractivity contribution < 1.29 is 14.2 Å². The zero-order valence-corrected chi connectivity index (χ0v) is 17.5. The summed E-state index contributed by atoms with van der Waals surface area (Å²) < 4.78 is 18.1. The van der Waals surface area contributed by atoms with Gasteiger partial charge in [-0.3, -0.25) is 0 Å². The lowest BCUT2D eigenvalue weighted by molar-refractivity contribution is 0.173. The molecule has 0 saturated heterocycles. The Morgan fingerprint density at radius 1 is 1.21 bits per heavy atom. The number of thioether (sulfide) groups is 1. The zero-order valence-electron chi connectivity index (χ0n) is 15.1. The van der Waals surface area contributed by atoms with Crippen molar-refractivity contribution in [2.45, 2.75) is 11.4 Å². The number of aromatic nitrogens is 3. The Morgan fingerprint density at radius 3 is 2.90 bits per heavy atom. The van der Waals surface area contributed by atoms with Crippen molar-refractivity contribution in [2.24, 2.45) is 0 Å². The fourth-order valence-electron chi connectivity index (χ4n) is 3.12. The number of nitrogens with zero attached hydrogens (tertiary/aromatic N) is 3. The quantitative estimate of drug-likeness (QED) is 0.429. The molecule has 1 N–H and O–H groups in total. The molecule has 2 aromatic carbocycles. The molecule has 3 aromatic rings. The molecule has 0 aliphatic carbocycles. The lowest BCUT2D eigenvalue weighted by atomic mass is 10.1. The first kappa shape index (κ1) is 18.3. The van der Waals surface area contributed by atoms with E-state index in [9.17, 15) is 0 Å². The van der Waals surface area contributed by atoms with Crippen LogP contribution in [0.4, 0.5) is 5.69 Å². The van der Waals surface area contributed by atoms with Crippen molar-refractivity contribution in [3.05, 3.63) is 59.1 Å². The average molecular weight is 471 g/mol. The lowest BCUT2D eigenvalue weighted by Gasteiger charge is -2.20. The van der Waals surface area contributed by atoms with Crippen molar-refractivity contribution in [1.82, 2.24) is 15.2 Å². The Kier molecular flexibility index (Phi) is 4.76. The van der Waals surface area contributed by atoms with Crippen molar-refractivity contribution in [2.75, 3.05) is 17.9 Å². The number of benzene rings is 2. The van der Waals surface area contributed by atoms with Crippen LogP contribution in [0.1, 0.15) is 11.8 Å². The molecule has 2 aliphatic heterocycles. The van der Waals surface area contributed by atoms with Gasteiger partial charge in [-0.25, -0.2) is 0 Å². The summed E-state index contributed by atoms with van der Waals surface area (Å²) in [4.78, 5) is 4.60. The van der Waals surface area contributed by atoms with Crippen LogP contribution < -0.4 is 19.5 Å². The Balaban J connectivity index is 1.61. The van der Waals surface area contributed by atoms with E-state index in [0.29, 0.717) is 34.0 Å². The first-order valence-corrected chi connectivity index (χ1v) is 10.6. The number of para-hydroxylation sites is 1. The number of nitrogens with one attached hydrogen (secondary N) is 1. The van der Waals surface area contributed by atoms with Gasteiger partial charge in [-0.1, -0.05) is 52.0 Å². The fourth-order valence-corrected chi connectivity index (χ4v) is 4.16. The third-order valence-corrected chi connectivity index (χ3v) is 5.96. The second-order valence-corrected chi connectivity index (χ2v) is 8.10. The molecule has 3 heterocycles. The molecule has 5 rings (SSSR count). The van der Waals surface area contributed by atoms with Crippen LogP contribution in [-0.2, 0) is 0 Å². The summed E-state index contributed by atoms with van der Waals surface area (Å²) in [5, 5.41) is 12.6. The zero-order chi connectivity index (χ0) is 19.8. The molecular weight excluding hydrogens is 456 g/mol. The predicted molar refractivity (Wildman–Crippen MR) is 113 cm³/mol. The van der Waals surface area contributed by atoms with Gasteiger partial charge >= 0.3 is 0 Å². The molecule has 1 atom stereocenters. The van der Waals surface area contributed by atoms with Crippen molar-refractivity contribution in [3.63, 3.8) is 0 Å². The highest BCUT2D eigenvalue weighted by molar-refractivity contribution is 9.10. The van der Waals surface area contributed by atoms with E-state index in [2.05, 4.69) is 43.0 Å². The van der Waals surface area contributed by atoms with E-state index in [1.165, 1.54) is 11.8 Å². The lowest BCUT2D eigenvalue weighted by Crippen LogP contribution is -2.17. The van der Waals surface area contributed by atoms with Gasteiger partial charge in [0, 0.05) is 27.0 Å². The average Bonchev–Trinajstić information content (AvgIpc) is 3.12. The second-order valence-electron chi connectivity index (χ2n) is 6.26. The van der Waals surface area contributed by atoms with Gasteiger partial charge in [0.15, 0.2) is 23.4 Å². The molecule has 0 bridgehead atoms. The minimum Gasteiger partial charge on any atom is -0.454 e. The van der Waals surface area contributed by atoms with Gasteiger partial charge in [0.25, 0.3) is 0 Å². The van der Waals surface area contributed by atoms with Gasteiger partial charge in [-0.05, 0) is 18.2 Å². The van der Waals surface area contributed by atoms with Gasteiger partial charge in [-0.2, -0.15) is 4.98 Å². The number of hydrogen-bond donors (Lipinski definition) is 1. The van der Waals surface area contributed by atoms with Crippen LogP contribution in [0.5, 0.6) is 17.4 Å². The Bertz CT molecular complexity index is 1110. The van der Waals surface area contributed by atoms with Gasteiger partial charge in [0.1, 0.15) is 0 Å². The maximum Gasteiger partial charge on any atom is 0.247 e. The van der Waals surface area contributed by atoms with Gasteiger partial charge in [-0.15, -0.1) is 16.8 Å². The molecule has 9 heteroatoms. The first-order chi connectivity index (χ1) is 14.2. The highest BCUT2D eigenvalue weighted by atomic mass is 79.9. The van der Waals surface area contributed by atoms with Crippen LogP contribution in [0.2, 0.25) is 0 Å². The van der Waals surface area contributed by atoms with Crippen molar-refractivity contribution in [3.8, 4) is 28.6 Å². The van der Waals surface area contributed by atoms with E-state index in [4.69, 9.17) is 14.2 Å². The standard InChI is InChI=1S/C20H15BrN4O3S/c1-2-7-29-20-23-19-17(24-25-20)11-5-3-4-6-14(11)22-18(28-19)12-8-15-16(9-13(12)21)27-10-26-15/h2-6,8-9,18,22H,1,7,10H2/t18-/m0/s1. The summed E-state index contributed by atoms with van der Waals surface area (Å²) in [5.41, 5.74) is 3.21. The van der Waals surface area contributed by atoms with Gasteiger partial charge in [0.2, 0.25) is 17.8 Å². The smallest absolute Gasteiger partial charge is 0.247 e. The van der Waals surface area contributed by atoms with Gasteiger partial charge in [0.05, 0.1) is 0 Å². The molecule has 146 valence electrons. The summed E-state index contributed by atoms with van der Waals surface area (Å²) in [6, 6.07) is 11.6. The maximum absolute atomic E-state index is 6.30. The number of anilines is 1. The molecule has 29 heavy (non-hydrogen) atoms. The van der Waals surface area contributed by atoms with Crippen LogP contribution in [0.15, 0.2) is 58.7 Å². The summed E-state index contributed by atoms with van der Waals surface area (Å²) in [6.45, 7) is 3.94. The summed E-state index contributed by atoms with van der Waals surface area (Å²) in [7, 11) is 0. The minimum atomic E-state index is -0.518. The molecule has 1 aromatic heterocycles. The Labute approximate surface area is 179 Å². The highest BCUT2D eigenvalue weighted by Crippen LogP contribution is 2.44. The molecule has 0 unspecified atom stereocenters. The van der Waals surface area contributed by atoms with Crippen LogP contribution >= 0.6 is 27.7 Å². The second kappa shape index (κ2) is 7.57. The van der Waals surface area contributed by atoms with E-state index in [1.807, 2.05) is 36.4 Å². The van der Waals surface area contributed by atoms with Crippen molar-refractivity contribution in [1.29, 1.82) is 0 Å². The summed E-state index contributed by atoms with van der Waals surface area (Å²) >= 11 is 5.07. The largest absolute Gasteiger partial charge is 0.454 e. The van der Waals surface area contributed by atoms with Crippen LogP contribution in [0, 0.1) is 0 Å². The predicted octanol–water partition coefficient (Wildman–Crippen LogP) is 4.81. The molecule has 7 nitrogen and oxygen atoms in total. The number of ether oxygens (including phenoxy) is 3. The molecular formula is C20H15BrN4O3S. The Hall–Kier alpha value is -2.78. The monoisotopic (exact) mass is 470 g/mol. The highest BCUT2D eigenvalue weighted by Gasteiger charge is 2.29. The number of hydrogen-bond acceptors (Lipinski definition) is 8. The Morgan fingerprint density at radius 2 is 2.03 bits per heavy atom. The van der Waals surface area contributed by atoms with E-state index in [1.54, 1.807) is 6.08 Å². The normalized spacial score (nSPS) is 16.1.